The molecule has 2 aromatic rings. The van der Waals surface area contributed by atoms with Crippen LogP contribution in [0.5, 0.6) is 0 Å². The van der Waals surface area contributed by atoms with Crippen LogP contribution in [0.1, 0.15) is 22.8 Å². The van der Waals surface area contributed by atoms with Crippen molar-refractivity contribution in [2.75, 3.05) is 26.2 Å². The van der Waals surface area contributed by atoms with E-state index < -0.39 is 11.7 Å². The lowest BCUT2D eigenvalue weighted by atomic mass is 9.97. The van der Waals surface area contributed by atoms with Crippen molar-refractivity contribution < 1.29 is 22.8 Å². The highest BCUT2D eigenvalue weighted by Crippen LogP contribution is 2.37. The molecule has 2 aromatic carbocycles. The van der Waals surface area contributed by atoms with Gasteiger partial charge in [0.25, 0.3) is 5.91 Å². The predicted octanol–water partition coefficient (Wildman–Crippen LogP) is 3.68. The molecule has 7 heteroatoms. The van der Waals surface area contributed by atoms with Gasteiger partial charge in [0, 0.05) is 38.7 Å². The molecule has 0 spiro atoms. The van der Waals surface area contributed by atoms with Gasteiger partial charge in [-0.05, 0) is 29.3 Å². The number of carbonyl (C=O) groups is 2. The largest absolute Gasteiger partial charge is 0.417 e. The summed E-state index contributed by atoms with van der Waals surface area (Å²) in [5, 5.41) is 0. The second-order valence-corrected chi connectivity index (χ2v) is 6.42. The minimum Gasteiger partial charge on any atom is -0.339 e. The van der Waals surface area contributed by atoms with E-state index in [-0.39, 0.29) is 17.4 Å². The lowest BCUT2D eigenvalue weighted by Crippen LogP contribution is -2.50. The molecular weight excluding hydrogens is 357 g/mol. The summed E-state index contributed by atoms with van der Waals surface area (Å²) in [6.45, 7) is 3.21. The number of piperazine rings is 1. The Labute approximate surface area is 155 Å². The zero-order valence-electron chi connectivity index (χ0n) is 14.8. The Hall–Kier alpha value is -2.83. The molecule has 1 aliphatic heterocycles. The highest BCUT2D eigenvalue weighted by molar-refractivity contribution is 5.95. The maximum absolute atomic E-state index is 13.3. The van der Waals surface area contributed by atoms with Gasteiger partial charge in [0.2, 0.25) is 5.91 Å². The Morgan fingerprint density at radius 2 is 1.52 bits per heavy atom. The number of hydrogen-bond donors (Lipinski definition) is 0. The van der Waals surface area contributed by atoms with Crippen molar-refractivity contribution in [2.24, 2.45) is 0 Å². The summed E-state index contributed by atoms with van der Waals surface area (Å²) in [4.78, 5) is 27.4. The van der Waals surface area contributed by atoms with Crippen molar-refractivity contribution in [3.8, 4) is 11.1 Å². The van der Waals surface area contributed by atoms with E-state index in [1.807, 2.05) is 0 Å². The highest BCUT2D eigenvalue weighted by Gasteiger charge is 2.33. The van der Waals surface area contributed by atoms with Crippen LogP contribution in [0.2, 0.25) is 0 Å². The quantitative estimate of drug-likeness (QED) is 0.802. The van der Waals surface area contributed by atoms with Gasteiger partial charge in [-0.25, -0.2) is 0 Å². The van der Waals surface area contributed by atoms with Gasteiger partial charge >= 0.3 is 6.18 Å². The summed E-state index contributed by atoms with van der Waals surface area (Å²) in [7, 11) is 0. The number of rotatable bonds is 2. The Bertz CT molecular complexity index is 856. The lowest BCUT2D eigenvalue weighted by molar-refractivity contribution is -0.137. The molecule has 3 rings (SSSR count). The summed E-state index contributed by atoms with van der Waals surface area (Å²) >= 11 is 0. The molecule has 0 saturated carbocycles. The van der Waals surface area contributed by atoms with E-state index in [4.69, 9.17) is 0 Å². The zero-order chi connectivity index (χ0) is 19.6. The van der Waals surface area contributed by atoms with Gasteiger partial charge in [0.05, 0.1) is 5.56 Å². The highest BCUT2D eigenvalue weighted by atomic mass is 19.4. The predicted molar refractivity (Wildman–Crippen MR) is 95.0 cm³/mol. The van der Waals surface area contributed by atoms with E-state index >= 15 is 0 Å². The average Bonchev–Trinajstić information content (AvgIpc) is 2.67. The van der Waals surface area contributed by atoms with E-state index in [2.05, 4.69) is 0 Å². The first-order valence-corrected chi connectivity index (χ1v) is 8.59. The van der Waals surface area contributed by atoms with Crippen LogP contribution in [0, 0.1) is 0 Å². The van der Waals surface area contributed by atoms with Gasteiger partial charge in [-0.1, -0.05) is 30.3 Å². The topological polar surface area (TPSA) is 40.6 Å². The summed E-state index contributed by atoms with van der Waals surface area (Å²) in [5.74, 6) is -0.280. The van der Waals surface area contributed by atoms with Crippen LogP contribution in [-0.4, -0.2) is 47.8 Å². The molecule has 1 fully saturated rings. The van der Waals surface area contributed by atoms with Crippen LogP contribution >= 0.6 is 0 Å². The van der Waals surface area contributed by atoms with Gasteiger partial charge in [0.15, 0.2) is 0 Å². The number of benzene rings is 2. The van der Waals surface area contributed by atoms with Crippen molar-refractivity contribution >= 4 is 11.8 Å². The maximum Gasteiger partial charge on any atom is 0.417 e. The van der Waals surface area contributed by atoms with Crippen molar-refractivity contribution in [2.45, 2.75) is 13.1 Å². The first-order valence-electron chi connectivity index (χ1n) is 8.59. The number of halogens is 3. The van der Waals surface area contributed by atoms with Crippen LogP contribution in [0.4, 0.5) is 13.2 Å². The standard InChI is InChI=1S/C20H19F3N2O2/c1-14(26)24-9-11-25(12-10-24)19(27)16-6-4-5-15(13-16)17-7-2-3-8-18(17)20(21,22)23/h2-8,13H,9-12H2,1H3. The second kappa shape index (κ2) is 7.42. The number of carbonyl (C=O) groups excluding carboxylic acids is 2. The summed E-state index contributed by atoms with van der Waals surface area (Å²) in [6, 6.07) is 11.6. The van der Waals surface area contributed by atoms with Gasteiger partial charge in [-0.15, -0.1) is 0 Å². The van der Waals surface area contributed by atoms with Gasteiger partial charge in [-0.2, -0.15) is 13.2 Å². The Kier molecular flexibility index (Phi) is 5.21. The minimum atomic E-state index is -4.47. The zero-order valence-corrected chi connectivity index (χ0v) is 14.8. The lowest BCUT2D eigenvalue weighted by Gasteiger charge is -2.34. The number of hydrogen-bond acceptors (Lipinski definition) is 2. The molecule has 0 aliphatic carbocycles. The third kappa shape index (κ3) is 4.13. The third-order valence-electron chi connectivity index (χ3n) is 4.67. The molecule has 0 unspecified atom stereocenters. The molecule has 0 radical (unpaired) electrons. The van der Waals surface area contributed by atoms with Gasteiger partial charge in [0.1, 0.15) is 0 Å². The van der Waals surface area contributed by atoms with Crippen LogP contribution < -0.4 is 0 Å². The third-order valence-corrected chi connectivity index (χ3v) is 4.67. The normalized spacial score (nSPS) is 15.0. The summed E-state index contributed by atoms with van der Waals surface area (Å²) in [5.41, 5.74) is -0.0115. The molecular formula is C20H19F3N2O2. The fourth-order valence-corrected chi connectivity index (χ4v) is 3.21. The molecule has 142 valence electrons. The first kappa shape index (κ1) is 18.9. The molecule has 1 aliphatic rings. The molecule has 4 nitrogen and oxygen atoms in total. The maximum atomic E-state index is 13.3. The van der Waals surface area contributed by atoms with E-state index in [0.29, 0.717) is 37.3 Å². The van der Waals surface area contributed by atoms with Crippen molar-refractivity contribution in [1.82, 2.24) is 9.80 Å². The van der Waals surface area contributed by atoms with Crippen LogP contribution in [0.3, 0.4) is 0 Å². The Balaban J connectivity index is 1.85. The van der Waals surface area contributed by atoms with Crippen LogP contribution in [0.25, 0.3) is 11.1 Å². The van der Waals surface area contributed by atoms with E-state index in [0.717, 1.165) is 6.07 Å². The average molecular weight is 376 g/mol. The number of alkyl halides is 3. The van der Waals surface area contributed by atoms with Crippen LogP contribution in [-0.2, 0) is 11.0 Å². The van der Waals surface area contributed by atoms with Crippen molar-refractivity contribution in [1.29, 1.82) is 0 Å². The van der Waals surface area contributed by atoms with Crippen molar-refractivity contribution in [3.63, 3.8) is 0 Å². The van der Waals surface area contributed by atoms with E-state index in [9.17, 15) is 22.8 Å². The van der Waals surface area contributed by atoms with Gasteiger partial charge in [-0.3, -0.25) is 9.59 Å². The molecule has 2 amide bonds. The van der Waals surface area contributed by atoms with Gasteiger partial charge < -0.3 is 9.80 Å². The fourth-order valence-electron chi connectivity index (χ4n) is 3.21. The molecule has 1 saturated heterocycles. The minimum absolute atomic E-state index is 0.0344. The molecule has 0 N–H and O–H groups in total. The number of nitrogens with zero attached hydrogens (tertiary/aromatic N) is 2. The van der Waals surface area contributed by atoms with Crippen LogP contribution in [0.15, 0.2) is 48.5 Å². The van der Waals surface area contributed by atoms with E-state index in [1.54, 1.807) is 34.1 Å². The molecule has 27 heavy (non-hydrogen) atoms. The second-order valence-electron chi connectivity index (χ2n) is 6.42. The summed E-state index contributed by atoms with van der Waals surface area (Å²) < 4.78 is 39.8. The molecule has 0 aromatic heterocycles. The number of amides is 2. The Morgan fingerprint density at radius 1 is 0.889 bits per heavy atom. The molecule has 0 atom stereocenters. The van der Waals surface area contributed by atoms with E-state index in [1.165, 1.54) is 25.1 Å². The smallest absolute Gasteiger partial charge is 0.339 e. The SMILES string of the molecule is CC(=O)N1CCN(C(=O)c2cccc(-c3ccccc3C(F)(F)F)c2)CC1. The summed E-state index contributed by atoms with van der Waals surface area (Å²) in [6.07, 6.45) is -4.47. The Morgan fingerprint density at radius 3 is 2.15 bits per heavy atom. The molecule has 0 bridgehead atoms. The monoisotopic (exact) mass is 376 g/mol. The first-order chi connectivity index (χ1) is 12.8. The van der Waals surface area contributed by atoms with Crippen molar-refractivity contribution in [3.05, 3.63) is 59.7 Å². The fraction of sp³-hybridized carbons (Fsp3) is 0.300. The molecule has 1 heterocycles.